The second-order valence-electron chi connectivity index (χ2n) is 5.13. The molecule has 2 atom stereocenters. The van der Waals surface area contributed by atoms with Gasteiger partial charge in [-0.05, 0) is 26.2 Å². The molecule has 1 heterocycles. The highest BCUT2D eigenvalue weighted by atomic mass is 19.4. The van der Waals surface area contributed by atoms with Gasteiger partial charge in [0, 0.05) is 12.6 Å². The largest absolute Gasteiger partial charge is 0.469 e. The Labute approximate surface area is 115 Å². The maximum atomic E-state index is 12.8. The zero-order chi connectivity index (χ0) is 15.6. The molecule has 0 aromatic carbocycles. The van der Waals surface area contributed by atoms with Crippen molar-refractivity contribution >= 4 is 11.9 Å². The van der Waals surface area contributed by atoms with Crippen LogP contribution in [0.2, 0.25) is 0 Å². The molecule has 0 radical (unpaired) electrons. The average Bonchev–Trinajstić information content (AvgIpc) is 2.37. The predicted molar refractivity (Wildman–Crippen MR) is 64.6 cm³/mol. The number of carbonyl (C=O) groups is 2. The molecule has 116 valence electrons. The summed E-state index contributed by atoms with van der Waals surface area (Å²) in [5.41, 5.74) is 2.22. The molecule has 8 heteroatoms. The molecule has 1 fully saturated rings. The van der Waals surface area contributed by atoms with Crippen LogP contribution in [-0.4, -0.2) is 48.2 Å². The van der Waals surface area contributed by atoms with Gasteiger partial charge in [-0.25, -0.2) is 0 Å². The summed E-state index contributed by atoms with van der Waals surface area (Å²) in [6.45, 7) is 0.822. The number of nitrogens with zero attached hydrogens (tertiary/aromatic N) is 1. The van der Waals surface area contributed by atoms with Gasteiger partial charge < -0.3 is 15.4 Å². The second-order valence-corrected chi connectivity index (χ2v) is 5.13. The van der Waals surface area contributed by atoms with Crippen LogP contribution in [0.5, 0.6) is 0 Å². The van der Waals surface area contributed by atoms with Gasteiger partial charge >= 0.3 is 12.1 Å². The molecule has 1 aliphatic rings. The van der Waals surface area contributed by atoms with E-state index in [-0.39, 0.29) is 13.0 Å². The Bertz CT molecular complexity index is 383. The van der Waals surface area contributed by atoms with E-state index >= 15 is 0 Å². The fourth-order valence-electron chi connectivity index (χ4n) is 2.18. The molecular weight excluding hydrogens is 277 g/mol. The minimum Gasteiger partial charge on any atom is -0.469 e. The number of esters is 1. The van der Waals surface area contributed by atoms with E-state index in [2.05, 4.69) is 4.74 Å². The van der Waals surface area contributed by atoms with E-state index in [0.29, 0.717) is 19.8 Å². The number of carbonyl (C=O) groups excluding carboxylic acids is 2. The van der Waals surface area contributed by atoms with Gasteiger partial charge in [0.2, 0.25) is 0 Å². The van der Waals surface area contributed by atoms with Gasteiger partial charge in [-0.15, -0.1) is 0 Å². The van der Waals surface area contributed by atoms with Crippen molar-refractivity contribution in [3.63, 3.8) is 0 Å². The van der Waals surface area contributed by atoms with Crippen LogP contribution in [0.4, 0.5) is 13.2 Å². The zero-order valence-corrected chi connectivity index (χ0v) is 11.5. The Balaban J connectivity index is 2.90. The monoisotopic (exact) mass is 296 g/mol. The minimum atomic E-state index is -4.84. The van der Waals surface area contributed by atoms with E-state index in [9.17, 15) is 22.8 Å². The summed E-state index contributed by atoms with van der Waals surface area (Å²) < 4.78 is 43.0. The molecule has 0 bridgehead atoms. The molecule has 1 saturated heterocycles. The van der Waals surface area contributed by atoms with Crippen molar-refractivity contribution in [3.8, 4) is 0 Å². The summed E-state index contributed by atoms with van der Waals surface area (Å²) >= 11 is 0. The van der Waals surface area contributed by atoms with Crippen LogP contribution in [0.15, 0.2) is 0 Å². The molecule has 5 nitrogen and oxygen atoms in total. The lowest BCUT2D eigenvalue weighted by Crippen LogP contribution is -2.64. The second kappa shape index (κ2) is 5.99. The first-order valence-corrected chi connectivity index (χ1v) is 6.34. The first-order valence-electron chi connectivity index (χ1n) is 6.34. The third-order valence-electron chi connectivity index (χ3n) is 3.55. The van der Waals surface area contributed by atoms with Crippen molar-refractivity contribution in [1.82, 2.24) is 4.90 Å². The number of amides is 1. The summed E-state index contributed by atoms with van der Waals surface area (Å²) in [5, 5.41) is 0. The van der Waals surface area contributed by atoms with Crippen molar-refractivity contribution < 1.29 is 27.5 Å². The molecule has 2 unspecified atom stereocenters. The van der Waals surface area contributed by atoms with E-state index in [0.717, 1.165) is 11.3 Å². The molecule has 1 aliphatic heterocycles. The molecule has 1 rings (SSSR count). The van der Waals surface area contributed by atoms with Crippen LogP contribution < -0.4 is 5.73 Å². The van der Waals surface area contributed by atoms with E-state index < -0.39 is 29.6 Å². The van der Waals surface area contributed by atoms with E-state index in [1.165, 1.54) is 7.11 Å². The molecule has 0 aromatic rings. The Morgan fingerprint density at radius 2 is 1.95 bits per heavy atom. The number of halogens is 3. The lowest BCUT2D eigenvalue weighted by Gasteiger charge is -2.40. The minimum absolute atomic E-state index is 0.115. The molecule has 20 heavy (non-hydrogen) atoms. The smallest absolute Gasteiger partial charge is 0.415 e. The number of hydrogen-bond acceptors (Lipinski definition) is 4. The fraction of sp³-hybridized carbons (Fsp3) is 0.833. The van der Waals surface area contributed by atoms with Gasteiger partial charge in [0.05, 0.1) is 13.5 Å². The van der Waals surface area contributed by atoms with Crippen LogP contribution in [0.1, 0.15) is 32.6 Å². The number of ether oxygens (including phenoxy) is 1. The Morgan fingerprint density at radius 1 is 1.35 bits per heavy atom. The van der Waals surface area contributed by atoms with Crippen LogP contribution in [0.25, 0.3) is 0 Å². The van der Waals surface area contributed by atoms with E-state index in [4.69, 9.17) is 5.73 Å². The van der Waals surface area contributed by atoms with Gasteiger partial charge in [0.15, 0.2) is 5.54 Å². The van der Waals surface area contributed by atoms with Crippen molar-refractivity contribution in [2.75, 3.05) is 13.7 Å². The average molecular weight is 296 g/mol. The van der Waals surface area contributed by atoms with Gasteiger partial charge in [0.25, 0.3) is 5.91 Å². The third kappa shape index (κ3) is 3.41. The highest BCUT2D eigenvalue weighted by Crippen LogP contribution is 2.32. The lowest BCUT2D eigenvalue weighted by atomic mass is 9.94. The Hall–Kier alpha value is -1.31. The van der Waals surface area contributed by atoms with Crippen molar-refractivity contribution in [2.45, 2.75) is 50.4 Å². The number of hydrogen-bond donors (Lipinski definition) is 1. The maximum Gasteiger partial charge on any atom is 0.415 e. The zero-order valence-electron chi connectivity index (χ0n) is 11.5. The van der Waals surface area contributed by atoms with Crippen LogP contribution in [-0.2, 0) is 14.3 Å². The van der Waals surface area contributed by atoms with E-state index in [1.807, 2.05) is 0 Å². The molecule has 2 N–H and O–H groups in total. The molecule has 0 spiro atoms. The summed E-state index contributed by atoms with van der Waals surface area (Å²) in [6, 6.07) is -0.589. The van der Waals surface area contributed by atoms with Gasteiger partial charge in [-0.3, -0.25) is 9.59 Å². The fourth-order valence-corrected chi connectivity index (χ4v) is 2.18. The molecule has 1 amide bonds. The Morgan fingerprint density at radius 3 is 2.45 bits per heavy atom. The summed E-state index contributed by atoms with van der Waals surface area (Å²) in [7, 11) is 1.19. The van der Waals surface area contributed by atoms with Crippen LogP contribution in [0, 0.1) is 0 Å². The summed E-state index contributed by atoms with van der Waals surface area (Å²) in [5.74, 6) is -1.75. The van der Waals surface area contributed by atoms with Crippen molar-refractivity contribution in [1.29, 1.82) is 0 Å². The lowest BCUT2D eigenvalue weighted by molar-refractivity contribution is -0.195. The van der Waals surface area contributed by atoms with Gasteiger partial charge in [-0.2, -0.15) is 13.2 Å². The molecule has 0 aliphatic carbocycles. The number of piperidine rings is 1. The topological polar surface area (TPSA) is 72.6 Å². The third-order valence-corrected chi connectivity index (χ3v) is 3.55. The number of alkyl halides is 3. The van der Waals surface area contributed by atoms with Gasteiger partial charge in [-0.1, -0.05) is 0 Å². The number of likely N-dealkylation sites (tertiary alicyclic amines) is 1. The van der Waals surface area contributed by atoms with E-state index in [1.54, 1.807) is 0 Å². The van der Waals surface area contributed by atoms with Crippen LogP contribution >= 0.6 is 0 Å². The number of methoxy groups -OCH3 is 1. The molecular formula is C12H19F3N2O3. The molecule has 0 aromatic heterocycles. The quantitative estimate of drug-likeness (QED) is 0.795. The predicted octanol–water partition coefficient (Wildman–Crippen LogP) is 1.21. The summed E-state index contributed by atoms with van der Waals surface area (Å²) in [4.78, 5) is 24.4. The SMILES string of the molecule is COC(=O)CC1CCCCN1C(=O)C(C)(N)C(F)(F)F. The highest BCUT2D eigenvalue weighted by molar-refractivity contribution is 5.87. The maximum absolute atomic E-state index is 12.8. The highest BCUT2D eigenvalue weighted by Gasteiger charge is 2.56. The normalized spacial score (nSPS) is 23.1. The number of nitrogens with two attached hydrogens (primary N) is 1. The van der Waals surface area contributed by atoms with Gasteiger partial charge in [0.1, 0.15) is 0 Å². The van der Waals surface area contributed by atoms with Crippen molar-refractivity contribution in [2.24, 2.45) is 5.73 Å². The molecule has 0 saturated carbocycles. The first kappa shape index (κ1) is 16.7. The first-order chi connectivity index (χ1) is 9.11. The van der Waals surface area contributed by atoms with Crippen molar-refractivity contribution in [3.05, 3.63) is 0 Å². The summed E-state index contributed by atoms with van der Waals surface area (Å²) in [6.07, 6.45) is -3.14. The standard InChI is InChI=1S/C12H19F3N2O3/c1-11(16,12(13,14)15)10(19)17-6-4-3-5-8(17)7-9(18)20-2/h8H,3-7,16H2,1-2H3. The Kier molecular flexibility index (Phi) is 5.01. The number of rotatable bonds is 3. The van der Waals surface area contributed by atoms with Crippen LogP contribution in [0.3, 0.4) is 0 Å².